The summed E-state index contributed by atoms with van der Waals surface area (Å²) >= 11 is 0. The molecule has 1 aromatic rings. The number of ketones is 2. The van der Waals surface area contributed by atoms with E-state index in [2.05, 4.69) is 0 Å². The van der Waals surface area contributed by atoms with E-state index in [1.54, 1.807) is 18.2 Å². The molecule has 0 aromatic heterocycles. The molecule has 6 heteroatoms. The molecule has 3 rings (SSSR count). The van der Waals surface area contributed by atoms with Crippen LogP contribution in [0.15, 0.2) is 18.2 Å². The summed E-state index contributed by atoms with van der Waals surface area (Å²) in [6.45, 7) is 1.40. The van der Waals surface area contributed by atoms with Gasteiger partial charge in [-0.2, -0.15) is 0 Å². The van der Waals surface area contributed by atoms with Gasteiger partial charge in [0.05, 0.1) is 12.2 Å². The van der Waals surface area contributed by atoms with E-state index < -0.39 is 12.7 Å². The molecule has 0 amide bonds. The lowest BCUT2D eigenvalue weighted by molar-refractivity contribution is -0.127. The number of nitrogens with zero attached hydrogens (tertiary/aromatic N) is 1. The fourth-order valence-corrected chi connectivity index (χ4v) is 3.26. The summed E-state index contributed by atoms with van der Waals surface area (Å²) in [5.41, 5.74) is 1.24. The number of rotatable bonds is 5. The average molecular weight is 333 g/mol. The van der Waals surface area contributed by atoms with Crippen LogP contribution in [0.1, 0.15) is 29.6 Å². The molecule has 2 aliphatic heterocycles. The minimum Gasteiger partial charge on any atom is -0.479 e. The fraction of sp³-hybridized carbons (Fsp3) is 0.556. The number of aliphatic hydroxyl groups excluding tert-OH is 1. The second kappa shape index (κ2) is 7.32. The van der Waals surface area contributed by atoms with Gasteiger partial charge in [0.25, 0.3) is 0 Å². The number of fused-ring (bicyclic) bond motifs is 1. The molecule has 1 N–H and O–H groups in total. The molecule has 0 radical (unpaired) electrons. The van der Waals surface area contributed by atoms with Gasteiger partial charge in [-0.25, -0.2) is 0 Å². The van der Waals surface area contributed by atoms with Crippen molar-refractivity contribution in [3.63, 3.8) is 0 Å². The van der Waals surface area contributed by atoms with E-state index in [1.165, 1.54) is 0 Å². The first-order valence-electron chi connectivity index (χ1n) is 8.35. The van der Waals surface area contributed by atoms with Gasteiger partial charge >= 0.3 is 0 Å². The highest BCUT2D eigenvalue weighted by molar-refractivity contribution is 5.98. The van der Waals surface area contributed by atoms with Gasteiger partial charge in [-0.1, -0.05) is 0 Å². The maximum absolute atomic E-state index is 12.6. The van der Waals surface area contributed by atoms with Gasteiger partial charge in [0.1, 0.15) is 12.4 Å². The number of hydrogen-bond donors (Lipinski definition) is 1. The second-order valence-electron chi connectivity index (χ2n) is 6.48. The average Bonchev–Trinajstić information content (AvgIpc) is 2.61. The fourth-order valence-electron chi connectivity index (χ4n) is 3.26. The van der Waals surface area contributed by atoms with Crippen molar-refractivity contribution in [2.45, 2.75) is 25.4 Å². The first-order valence-corrected chi connectivity index (χ1v) is 8.35. The molecule has 1 fully saturated rings. The molecule has 0 spiro atoms. The zero-order chi connectivity index (χ0) is 17.1. The number of ether oxygens (including phenoxy) is 2. The highest BCUT2D eigenvalue weighted by atomic mass is 16.5. The van der Waals surface area contributed by atoms with E-state index in [0.717, 1.165) is 31.7 Å². The molecular weight excluding hydrogens is 310 g/mol. The van der Waals surface area contributed by atoms with Gasteiger partial charge in [-0.3, -0.25) is 9.59 Å². The third-order valence-electron chi connectivity index (χ3n) is 4.74. The Bertz CT molecular complexity index is 624. The number of Topliss-reactive ketones (excluding diaryl/α,β-unsaturated/α-hetero) is 2. The largest absolute Gasteiger partial charge is 0.479 e. The summed E-state index contributed by atoms with van der Waals surface area (Å²) in [4.78, 5) is 26.2. The minimum absolute atomic E-state index is 0.0956. The van der Waals surface area contributed by atoms with Crippen LogP contribution in [0.3, 0.4) is 0 Å². The number of likely N-dealkylation sites (N-methyl/N-ethyl adjacent to an activating group) is 1. The molecule has 1 atom stereocenters. The molecule has 2 heterocycles. The predicted octanol–water partition coefficient (Wildman–Crippen LogP) is 1.44. The third kappa shape index (κ3) is 3.60. The monoisotopic (exact) mass is 333 g/mol. The highest BCUT2D eigenvalue weighted by Gasteiger charge is 2.31. The van der Waals surface area contributed by atoms with E-state index in [-0.39, 0.29) is 11.6 Å². The summed E-state index contributed by atoms with van der Waals surface area (Å²) in [5, 5.41) is 9.00. The van der Waals surface area contributed by atoms with Crippen LogP contribution in [0.4, 0.5) is 5.69 Å². The van der Waals surface area contributed by atoms with E-state index >= 15 is 0 Å². The summed E-state index contributed by atoms with van der Waals surface area (Å²) in [5.74, 6) is 0.621. The van der Waals surface area contributed by atoms with Crippen LogP contribution >= 0.6 is 0 Å². The molecule has 24 heavy (non-hydrogen) atoms. The van der Waals surface area contributed by atoms with Crippen LogP contribution in [0, 0.1) is 5.92 Å². The third-order valence-corrected chi connectivity index (χ3v) is 4.74. The quantitative estimate of drug-likeness (QED) is 0.822. The van der Waals surface area contributed by atoms with Crippen LogP contribution in [-0.2, 0) is 9.53 Å². The van der Waals surface area contributed by atoms with Gasteiger partial charge in [-0.05, 0) is 37.0 Å². The van der Waals surface area contributed by atoms with Gasteiger partial charge in [0.15, 0.2) is 17.7 Å². The Kier molecular flexibility index (Phi) is 5.16. The summed E-state index contributed by atoms with van der Waals surface area (Å²) in [7, 11) is 1.91. The maximum Gasteiger partial charge on any atom is 0.188 e. The Morgan fingerprint density at radius 2 is 2.04 bits per heavy atom. The maximum atomic E-state index is 12.6. The van der Waals surface area contributed by atoms with Crippen LogP contribution in [0.2, 0.25) is 0 Å². The highest BCUT2D eigenvalue weighted by Crippen LogP contribution is 2.34. The molecule has 1 saturated heterocycles. The summed E-state index contributed by atoms with van der Waals surface area (Å²) in [6.07, 6.45) is 1.82. The van der Waals surface area contributed by atoms with Gasteiger partial charge in [0, 0.05) is 32.2 Å². The Labute approximate surface area is 141 Å². The van der Waals surface area contributed by atoms with Crippen molar-refractivity contribution < 1.29 is 24.2 Å². The second-order valence-corrected chi connectivity index (χ2v) is 6.48. The molecule has 1 unspecified atom stereocenters. The van der Waals surface area contributed by atoms with Crippen molar-refractivity contribution in [1.82, 2.24) is 0 Å². The molecule has 6 nitrogen and oxygen atoms in total. The minimum atomic E-state index is -0.541. The molecule has 0 saturated carbocycles. The number of anilines is 1. The molecule has 1 aromatic carbocycles. The molecular formula is C18H23NO5. The van der Waals surface area contributed by atoms with E-state index in [9.17, 15) is 9.59 Å². The normalized spacial score (nSPS) is 21.1. The van der Waals surface area contributed by atoms with Crippen LogP contribution in [0.25, 0.3) is 0 Å². The number of aliphatic hydroxyl groups is 1. The van der Waals surface area contributed by atoms with Crippen molar-refractivity contribution in [3.8, 4) is 5.75 Å². The lowest BCUT2D eigenvalue weighted by Gasteiger charge is -2.34. The smallest absolute Gasteiger partial charge is 0.188 e. The van der Waals surface area contributed by atoms with Crippen LogP contribution < -0.4 is 9.64 Å². The van der Waals surface area contributed by atoms with E-state index in [4.69, 9.17) is 14.6 Å². The van der Waals surface area contributed by atoms with Gasteiger partial charge < -0.3 is 19.5 Å². The summed E-state index contributed by atoms with van der Waals surface area (Å²) < 4.78 is 11.2. The van der Waals surface area contributed by atoms with Crippen molar-refractivity contribution in [2.75, 3.05) is 38.3 Å². The van der Waals surface area contributed by atoms with Crippen molar-refractivity contribution in [3.05, 3.63) is 23.8 Å². The molecule has 0 aliphatic carbocycles. The Morgan fingerprint density at radius 1 is 1.29 bits per heavy atom. The lowest BCUT2D eigenvalue weighted by atomic mass is 9.92. The van der Waals surface area contributed by atoms with Crippen LogP contribution in [-0.4, -0.2) is 56.2 Å². The zero-order valence-electron chi connectivity index (χ0n) is 13.9. The van der Waals surface area contributed by atoms with E-state index in [0.29, 0.717) is 30.2 Å². The van der Waals surface area contributed by atoms with Crippen LogP contribution in [0.5, 0.6) is 5.75 Å². The lowest BCUT2D eigenvalue weighted by Crippen LogP contribution is -2.43. The molecule has 130 valence electrons. The summed E-state index contributed by atoms with van der Waals surface area (Å²) in [6, 6.07) is 5.07. The Morgan fingerprint density at radius 3 is 2.75 bits per heavy atom. The molecule has 2 aliphatic rings. The number of carbonyl (C=O) groups excluding carboxylic acids is 2. The van der Waals surface area contributed by atoms with Gasteiger partial charge in [-0.15, -0.1) is 0 Å². The number of benzene rings is 1. The first kappa shape index (κ1) is 16.9. The zero-order valence-corrected chi connectivity index (χ0v) is 13.9. The number of carbonyl (C=O) groups is 2. The van der Waals surface area contributed by atoms with Crippen molar-refractivity contribution in [2.24, 2.45) is 5.92 Å². The molecule has 0 bridgehead atoms. The van der Waals surface area contributed by atoms with Crippen molar-refractivity contribution in [1.29, 1.82) is 0 Å². The number of hydrogen-bond acceptors (Lipinski definition) is 6. The van der Waals surface area contributed by atoms with E-state index in [1.807, 2.05) is 11.9 Å². The Balaban J connectivity index is 1.72. The van der Waals surface area contributed by atoms with Crippen molar-refractivity contribution >= 4 is 17.3 Å². The SMILES string of the molecule is CN1CC(C(=O)CC2CCOCC2)Oc2cc(C(=O)CO)ccc21. The Hall–Kier alpha value is -1.92. The predicted molar refractivity (Wildman–Crippen MR) is 88.7 cm³/mol. The van der Waals surface area contributed by atoms with Gasteiger partial charge in [0.2, 0.25) is 0 Å². The topological polar surface area (TPSA) is 76.1 Å². The first-order chi connectivity index (χ1) is 11.6. The standard InChI is InChI=1S/C18H23NO5/c1-19-10-18(15(21)8-12-4-6-23-7-5-12)24-17-9-13(16(22)11-20)2-3-14(17)19/h2-3,9,12,18,20H,4-8,10-11H2,1H3.